The van der Waals surface area contributed by atoms with Crippen molar-refractivity contribution in [3.05, 3.63) is 0 Å². The second-order valence-electron chi connectivity index (χ2n) is 7.89. The molecule has 2 saturated heterocycles. The van der Waals surface area contributed by atoms with Crippen molar-refractivity contribution in [3.8, 4) is 0 Å². The quantitative estimate of drug-likeness (QED) is 0.531. The van der Waals surface area contributed by atoms with Crippen LogP contribution in [0.15, 0.2) is 0 Å². The third-order valence-corrected chi connectivity index (χ3v) is 5.94. The Hall–Kier alpha value is -1.63. The van der Waals surface area contributed by atoms with Gasteiger partial charge in [0, 0.05) is 19.5 Å². The second-order valence-corrected chi connectivity index (χ2v) is 7.89. The van der Waals surface area contributed by atoms with E-state index in [-0.39, 0.29) is 30.8 Å². The largest absolute Gasteiger partial charge is 0.356 e. The van der Waals surface area contributed by atoms with Gasteiger partial charge in [0.15, 0.2) is 0 Å². The maximum atomic E-state index is 12.6. The minimum Gasteiger partial charge on any atom is -0.356 e. The molecule has 26 heavy (non-hydrogen) atoms. The predicted molar refractivity (Wildman–Crippen MR) is 98.6 cm³/mol. The Morgan fingerprint density at radius 1 is 1.00 bits per heavy atom. The van der Waals surface area contributed by atoms with Crippen molar-refractivity contribution < 1.29 is 14.4 Å². The first-order valence-electron chi connectivity index (χ1n) is 10.2. The zero-order valence-corrected chi connectivity index (χ0v) is 15.7. The van der Waals surface area contributed by atoms with E-state index >= 15 is 0 Å². The number of likely N-dealkylation sites (tertiary alicyclic amines) is 1. The maximum absolute atomic E-state index is 12.6. The molecule has 0 atom stereocenters. The average Bonchev–Trinajstić information content (AvgIpc) is 2.88. The van der Waals surface area contributed by atoms with E-state index in [1.54, 1.807) is 0 Å². The van der Waals surface area contributed by atoms with Gasteiger partial charge in [-0.2, -0.15) is 0 Å². The number of hydrogen-bond donors (Lipinski definition) is 2. The van der Waals surface area contributed by atoms with Gasteiger partial charge in [-0.25, -0.2) is 4.79 Å². The Morgan fingerprint density at radius 3 is 2.42 bits per heavy atom. The Bertz CT molecular complexity index is 525. The fourth-order valence-corrected chi connectivity index (χ4v) is 4.39. The zero-order valence-electron chi connectivity index (χ0n) is 15.7. The molecule has 1 saturated carbocycles. The predicted octanol–water partition coefficient (Wildman–Crippen LogP) is 1.62. The highest BCUT2D eigenvalue weighted by Crippen LogP contribution is 2.33. The molecule has 3 fully saturated rings. The molecular formula is C19H32N4O3. The third-order valence-electron chi connectivity index (χ3n) is 5.94. The molecule has 0 bridgehead atoms. The maximum Gasteiger partial charge on any atom is 0.325 e. The van der Waals surface area contributed by atoms with Crippen LogP contribution < -0.4 is 10.6 Å². The van der Waals surface area contributed by atoms with Crippen LogP contribution >= 0.6 is 0 Å². The number of imide groups is 1. The summed E-state index contributed by atoms with van der Waals surface area (Å²) in [5.74, 6) is -0.228. The van der Waals surface area contributed by atoms with Gasteiger partial charge in [0.05, 0.1) is 0 Å². The number of hydrogen-bond acceptors (Lipinski definition) is 4. The Labute approximate surface area is 155 Å². The fourth-order valence-electron chi connectivity index (χ4n) is 4.39. The first kappa shape index (κ1) is 19.1. The molecule has 1 aliphatic carbocycles. The number of amides is 4. The van der Waals surface area contributed by atoms with Gasteiger partial charge < -0.3 is 15.5 Å². The number of piperidine rings is 1. The van der Waals surface area contributed by atoms with E-state index in [9.17, 15) is 14.4 Å². The minimum atomic E-state index is -0.694. The summed E-state index contributed by atoms with van der Waals surface area (Å²) in [7, 11) is 0. The number of carbonyl (C=O) groups is 3. The molecule has 7 nitrogen and oxygen atoms in total. The van der Waals surface area contributed by atoms with E-state index in [0.717, 1.165) is 45.1 Å². The van der Waals surface area contributed by atoms with Crippen molar-refractivity contribution in [2.24, 2.45) is 0 Å². The van der Waals surface area contributed by atoms with Gasteiger partial charge in [-0.05, 0) is 51.7 Å². The van der Waals surface area contributed by atoms with Gasteiger partial charge in [0.2, 0.25) is 5.91 Å². The molecule has 0 unspecified atom stereocenters. The normalized spacial score (nSPS) is 23.3. The molecule has 4 amide bonds. The highest BCUT2D eigenvalue weighted by molar-refractivity contribution is 6.07. The lowest BCUT2D eigenvalue weighted by Gasteiger charge is -2.30. The Kier molecular flexibility index (Phi) is 6.51. The molecule has 0 aromatic heterocycles. The number of nitrogens with one attached hydrogen (secondary N) is 2. The third kappa shape index (κ3) is 4.55. The van der Waals surface area contributed by atoms with E-state index in [4.69, 9.17) is 0 Å². The summed E-state index contributed by atoms with van der Waals surface area (Å²) < 4.78 is 0. The van der Waals surface area contributed by atoms with Gasteiger partial charge in [-0.3, -0.25) is 14.5 Å². The molecule has 2 heterocycles. The van der Waals surface area contributed by atoms with E-state index < -0.39 is 5.54 Å². The van der Waals surface area contributed by atoms with Gasteiger partial charge in [-0.1, -0.05) is 25.7 Å². The van der Waals surface area contributed by atoms with Crippen LogP contribution in [0.1, 0.15) is 64.2 Å². The molecule has 3 aliphatic rings. The summed E-state index contributed by atoms with van der Waals surface area (Å²) in [5.41, 5.74) is -0.694. The van der Waals surface area contributed by atoms with Crippen molar-refractivity contribution in [2.45, 2.75) is 69.7 Å². The number of carbonyl (C=O) groups excluding carboxylic acids is 3. The summed E-state index contributed by atoms with van der Waals surface area (Å²) >= 11 is 0. The van der Waals surface area contributed by atoms with Crippen LogP contribution in [0.25, 0.3) is 0 Å². The molecular weight excluding hydrogens is 332 g/mol. The SMILES string of the molecule is O=C(CCN1C(=O)NC2(CCCCC2)C1=O)NCCCN1CCCCC1. The lowest BCUT2D eigenvalue weighted by molar-refractivity contribution is -0.132. The molecule has 0 aromatic carbocycles. The fraction of sp³-hybridized carbons (Fsp3) is 0.842. The standard InChI is InChI=1S/C19H32N4O3/c24-16(20-11-7-14-22-12-5-2-6-13-22)8-15-23-17(25)19(21-18(23)26)9-3-1-4-10-19/h1-15H2,(H,20,24)(H,21,26). The van der Waals surface area contributed by atoms with Gasteiger partial charge in [-0.15, -0.1) is 0 Å². The summed E-state index contributed by atoms with van der Waals surface area (Å²) in [4.78, 5) is 40.5. The van der Waals surface area contributed by atoms with E-state index in [1.807, 2.05) is 0 Å². The smallest absolute Gasteiger partial charge is 0.325 e. The highest BCUT2D eigenvalue weighted by Gasteiger charge is 2.50. The molecule has 7 heteroatoms. The molecule has 0 aromatic rings. The van der Waals surface area contributed by atoms with E-state index in [2.05, 4.69) is 15.5 Å². The Morgan fingerprint density at radius 2 is 1.69 bits per heavy atom. The lowest BCUT2D eigenvalue weighted by atomic mass is 9.82. The van der Waals surface area contributed by atoms with Crippen LogP contribution in [0.4, 0.5) is 4.79 Å². The van der Waals surface area contributed by atoms with Crippen LogP contribution in [0.3, 0.4) is 0 Å². The lowest BCUT2D eigenvalue weighted by Crippen LogP contribution is -2.48. The van der Waals surface area contributed by atoms with Crippen molar-refractivity contribution in [1.29, 1.82) is 0 Å². The minimum absolute atomic E-state index is 0.0890. The summed E-state index contributed by atoms with van der Waals surface area (Å²) in [6, 6.07) is -0.338. The van der Waals surface area contributed by atoms with Gasteiger partial charge in [0.25, 0.3) is 5.91 Å². The van der Waals surface area contributed by atoms with Crippen molar-refractivity contribution in [2.75, 3.05) is 32.7 Å². The van der Waals surface area contributed by atoms with Crippen LogP contribution in [0.5, 0.6) is 0 Å². The average molecular weight is 364 g/mol. The van der Waals surface area contributed by atoms with E-state index in [0.29, 0.717) is 6.54 Å². The van der Waals surface area contributed by atoms with Crippen molar-refractivity contribution in [1.82, 2.24) is 20.4 Å². The summed E-state index contributed by atoms with van der Waals surface area (Å²) in [5, 5.41) is 5.79. The van der Waals surface area contributed by atoms with Gasteiger partial charge >= 0.3 is 6.03 Å². The van der Waals surface area contributed by atoms with Crippen LogP contribution in [-0.4, -0.2) is 65.9 Å². The van der Waals surface area contributed by atoms with Crippen LogP contribution in [-0.2, 0) is 9.59 Å². The summed E-state index contributed by atoms with van der Waals surface area (Å²) in [6.45, 7) is 4.18. The molecule has 3 rings (SSSR count). The number of rotatable bonds is 7. The van der Waals surface area contributed by atoms with Gasteiger partial charge in [0.1, 0.15) is 5.54 Å². The monoisotopic (exact) mass is 364 g/mol. The molecule has 146 valence electrons. The Balaban J connectivity index is 1.34. The van der Waals surface area contributed by atoms with Crippen LogP contribution in [0, 0.1) is 0 Å². The first-order valence-corrected chi connectivity index (χ1v) is 10.2. The van der Waals surface area contributed by atoms with E-state index in [1.165, 1.54) is 37.3 Å². The first-order chi connectivity index (χ1) is 12.6. The highest BCUT2D eigenvalue weighted by atomic mass is 16.2. The number of urea groups is 1. The molecule has 0 radical (unpaired) electrons. The topological polar surface area (TPSA) is 81.8 Å². The van der Waals surface area contributed by atoms with Crippen LogP contribution in [0.2, 0.25) is 0 Å². The van der Waals surface area contributed by atoms with Crippen molar-refractivity contribution >= 4 is 17.8 Å². The summed E-state index contributed by atoms with van der Waals surface area (Å²) in [6.07, 6.45) is 9.50. The molecule has 2 aliphatic heterocycles. The molecule has 2 N–H and O–H groups in total. The number of nitrogens with zero attached hydrogens (tertiary/aromatic N) is 2. The molecule has 1 spiro atoms. The van der Waals surface area contributed by atoms with Crippen molar-refractivity contribution in [3.63, 3.8) is 0 Å². The zero-order chi connectivity index (χ0) is 18.4. The second kappa shape index (κ2) is 8.84.